The first kappa shape index (κ1) is 27.3. The number of nitrogens with zero attached hydrogens (tertiary/aromatic N) is 1. The molecule has 0 bridgehead atoms. The summed E-state index contributed by atoms with van der Waals surface area (Å²) in [6.07, 6.45) is 0.112. The maximum Gasteiger partial charge on any atom is 0.184 e. The van der Waals surface area contributed by atoms with Crippen molar-refractivity contribution < 1.29 is 14.6 Å². The van der Waals surface area contributed by atoms with Crippen LogP contribution < -0.4 is 5.73 Å². The van der Waals surface area contributed by atoms with Gasteiger partial charge >= 0.3 is 0 Å². The van der Waals surface area contributed by atoms with Crippen LogP contribution in [-0.4, -0.2) is 29.7 Å². The fraction of sp³-hybridized carbons (Fsp3) is 0.294. The van der Waals surface area contributed by atoms with Crippen molar-refractivity contribution >= 4 is 0 Å². The Morgan fingerprint density at radius 3 is 2.26 bits per heavy atom. The van der Waals surface area contributed by atoms with E-state index >= 15 is 0 Å². The van der Waals surface area contributed by atoms with Gasteiger partial charge in [-0.3, -0.25) is 4.90 Å². The lowest BCUT2D eigenvalue weighted by molar-refractivity contribution is -0.253. The van der Waals surface area contributed by atoms with Crippen molar-refractivity contribution in [2.24, 2.45) is 5.73 Å². The van der Waals surface area contributed by atoms with Crippen molar-refractivity contribution in [2.45, 2.75) is 51.0 Å². The molecule has 5 rings (SSSR count). The second-order valence-corrected chi connectivity index (χ2v) is 10.4. The van der Waals surface area contributed by atoms with E-state index in [-0.39, 0.29) is 24.9 Å². The molecule has 0 saturated carbocycles. The quantitative estimate of drug-likeness (QED) is 0.261. The summed E-state index contributed by atoms with van der Waals surface area (Å²) in [4.78, 5) is 2.35. The van der Waals surface area contributed by atoms with Gasteiger partial charge in [-0.15, -0.1) is 0 Å². The van der Waals surface area contributed by atoms with E-state index in [2.05, 4.69) is 97.7 Å². The summed E-state index contributed by atoms with van der Waals surface area (Å²) in [5, 5.41) is 9.51. The minimum absolute atomic E-state index is 0.0216. The molecule has 202 valence electrons. The largest absolute Gasteiger partial charge is 0.392 e. The predicted molar refractivity (Wildman–Crippen MR) is 156 cm³/mol. The van der Waals surface area contributed by atoms with Crippen LogP contribution in [0.3, 0.4) is 0 Å². The van der Waals surface area contributed by atoms with E-state index in [0.717, 1.165) is 46.3 Å². The standard InChI is InChI=1S/C34H38N2O3/c1-24(27-9-4-3-5-10-27)36(2)22-32-20-33(28-16-14-25(23-37)15-17-28)39-34(38-32)31-13-7-12-30(19-31)29-11-6-8-26(18-29)21-35/h3-19,24,32-34,37H,20-23,35H2,1-2H3. The lowest BCUT2D eigenvalue weighted by atomic mass is 9.98. The molecule has 1 aliphatic rings. The normalized spacial score (nSPS) is 20.2. The maximum atomic E-state index is 9.51. The van der Waals surface area contributed by atoms with Gasteiger partial charge in [0.1, 0.15) is 0 Å². The third-order valence-electron chi connectivity index (χ3n) is 7.70. The van der Waals surface area contributed by atoms with Crippen molar-refractivity contribution in [3.63, 3.8) is 0 Å². The van der Waals surface area contributed by atoms with E-state index < -0.39 is 6.29 Å². The van der Waals surface area contributed by atoms with Gasteiger partial charge in [-0.05, 0) is 59.5 Å². The number of likely N-dealkylation sites (N-methyl/N-ethyl adjacent to an activating group) is 1. The Bertz CT molecular complexity index is 1340. The SMILES string of the molecule is CC(c1ccccc1)N(C)CC1CC(c2ccc(CO)cc2)OC(c2cccc(-c3cccc(CN)c3)c2)O1. The van der Waals surface area contributed by atoms with E-state index in [1.54, 1.807) is 0 Å². The molecule has 0 aromatic heterocycles. The first-order valence-corrected chi connectivity index (χ1v) is 13.7. The van der Waals surface area contributed by atoms with Crippen LogP contribution in [0.5, 0.6) is 0 Å². The van der Waals surface area contributed by atoms with Gasteiger partial charge in [-0.25, -0.2) is 0 Å². The Hall–Kier alpha value is -3.32. The molecule has 1 fully saturated rings. The average molecular weight is 523 g/mol. The van der Waals surface area contributed by atoms with Crippen molar-refractivity contribution in [2.75, 3.05) is 13.6 Å². The third-order valence-corrected chi connectivity index (χ3v) is 7.70. The first-order chi connectivity index (χ1) is 19.0. The molecule has 5 heteroatoms. The predicted octanol–water partition coefficient (Wildman–Crippen LogP) is 6.54. The zero-order valence-electron chi connectivity index (χ0n) is 22.7. The minimum atomic E-state index is -0.496. The van der Waals surface area contributed by atoms with Gasteiger partial charge in [0, 0.05) is 31.1 Å². The Morgan fingerprint density at radius 1 is 0.821 bits per heavy atom. The molecule has 4 aromatic rings. The van der Waals surface area contributed by atoms with E-state index in [9.17, 15) is 5.11 Å². The number of ether oxygens (including phenoxy) is 2. The molecule has 1 saturated heterocycles. The van der Waals surface area contributed by atoms with Crippen LogP contribution in [0.15, 0.2) is 103 Å². The van der Waals surface area contributed by atoms with Gasteiger partial charge in [0.25, 0.3) is 0 Å². The fourth-order valence-corrected chi connectivity index (χ4v) is 5.24. The Kier molecular flexibility index (Phi) is 8.87. The van der Waals surface area contributed by atoms with Gasteiger partial charge in [0.15, 0.2) is 6.29 Å². The summed E-state index contributed by atoms with van der Waals surface area (Å²) in [7, 11) is 2.15. The summed E-state index contributed by atoms with van der Waals surface area (Å²) in [6.45, 7) is 3.55. The van der Waals surface area contributed by atoms with Gasteiger partial charge in [-0.2, -0.15) is 0 Å². The highest BCUT2D eigenvalue weighted by Gasteiger charge is 2.33. The van der Waals surface area contributed by atoms with Crippen LogP contribution in [0, 0.1) is 0 Å². The molecule has 4 aromatic carbocycles. The number of rotatable bonds is 9. The molecule has 0 amide bonds. The maximum absolute atomic E-state index is 9.51. The topological polar surface area (TPSA) is 68.0 Å². The monoisotopic (exact) mass is 522 g/mol. The summed E-state index contributed by atoms with van der Waals surface area (Å²) < 4.78 is 13.2. The molecule has 0 spiro atoms. The van der Waals surface area contributed by atoms with Crippen molar-refractivity contribution in [1.29, 1.82) is 0 Å². The second kappa shape index (κ2) is 12.7. The highest BCUT2D eigenvalue weighted by atomic mass is 16.7. The fourth-order valence-electron chi connectivity index (χ4n) is 5.24. The van der Waals surface area contributed by atoms with Crippen molar-refractivity contribution in [1.82, 2.24) is 4.90 Å². The van der Waals surface area contributed by atoms with Crippen LogP contribution in [-0.2, 0) is 22.6 Å². The lowest BCUT2D eigenvalue weighted by Crippen LogP contribution is -2.38. The van der Waals surface area contributed by atoms with Gasteiger partial charge in [0.2, 0.25) is 0 Å². The Balaban J connectivity index is 1.41. The molecule has 1 heterocycles. The Morgan fingerprint density at radius 2 is 1.54 bits per heavy atom. The van der Waals surface area contributed by atoms with Gasteiger partial charge in [0.05, 0.1) is 18.8 Å². The molecule has 1 aliphatic heterocycles. The molecular weight excluding hydrogens is 484 g/mol. The molecule has 4 atom stereocenters. The molecule has 39 heavy (non-hydrogen) atoms. The third kappa shape index (κ3) is 6.64. The van der Waals surface area contributed by atoms with Gasteiger partial charge in [-0.1, -0.05) is 91.0 Å². The molecule has 5 nitrogen and oxygen atoms in total. The second-order valence-electron chi connectivity index (χ2n) is 10.4. The minimum Gasteiger partial charge on any atom is -0.392 e. The van der Waals surface area contributed by atoms with E-state index in [0.29, 0.717) is 6.54 Å². The zero-order chi connectivity index (χ0) is 27.2. The van der Waals surface area contributed by atoms with E-state index in [1.807, 2.05) is 24.3 Å². The molecule has 0 radical (unpaired) electrons. The molecule has 4 unspecified atom stereocenters. The van der Waals surface area contributed by atoms with Crippen LogP contribution in [0.25, 0.3) is 11.1 Å². The molecule has 3 N–H and O–H groups in total. The van der Waals surface area contributed by atoms with Crippen LogP contribution in [0.1, 0.15) is 59.6 Å². The van der Waals surface area contributed by atoms with Gasteiger partial charge < -0.3 is 20.3 Å². The number of aliphatic hydroxyl groups is 1. The average Bonchev–Trinajstić information content (AvgIpc) is 3.01. The number of benzene rings is 4. The first-order valence-electron chi connectivity index (χ1n) is 13.7. The number of aliphatic hydroxyl groups excluding tert-OH is 1. The Labute approximate surface area is 231 Å². The van der Waals surface area contributed by atoms with E-state index in [1.165, 1.54) is 5.56 Å². The zero-order valence-corrected chi connectivity index (χ0v) is 22.7. The van der Waals surface area contributed by atoms with E-state index in [4.69, 9.17) is 15.2 Å². The lowest BCUT2D eigenvalue weighted by Gasteiger charge is -2.39. The van der Waals surface area contributed by atoms with Crippen LogP contribution in [0.2, 0.25) is 0 Å². The van der Waals surface area contributed by atoms with Crippen LogP contribution in [0.4, 0.5) is 0 Å². The summed E-state index contributed by atoms with van der Waals surface area (Å²) in [5.41, 5.74) is 13.5. The molecule has 0 aliphatic carbocycles. The van der Waals surface area contributed by atoms with Crippen molar-refractivity contribution in [3.8, 4) is 11.1 Å². The summed E-state index contributed by atoms with van der Waals surface area (Å²) in [6, 6.07) is 35.6. The number of hydrogen-bond donors (Lipinski definition) is 2. The highest BCUT2D eigenvalue weighted by Crippen LogP contribution is 2.39. The smallest absolute Gasteiger partial charge is 0.184 e. The number of nitrogens with two attached hydrogens (primary N) is 1. The van der Waals surface area contributed by atoms with Crippen molar-refractivity contribution in [3.05, 3.63) is 131 Å². The summed E-state index contributed by atoms with van der Waals surface area (Å²) >= 11 is 0. The van der Waals surface area contributed by atoms with Crippen LogP contribution >= 0.6 is 0 Å². The highest BCUT2D eigenvalue weighted by molar-refractivity contribution is 5.65. The number of hydrogen-bond acceptors (Lipinski definition) is 5. The summed E-state index contributed by atoms with van der Waals surface area (Å²) in [5.74, 6) is 0. The molecular formula is C34H38N2O3.